The third-order valence-electron chi connectivity index (χ3n) is 2.19. The fraction of sp³-hybridized carbons (Fsp3) is 0.167. The molecular formula is C12H12O3. The van der Waals surface area contributed by atoms with Gasteiger partial charge >= 0.3 is 0 Å². The van der Waals surface area contributed by atoms with E-state index in [0.29, 0.717) is 11.5 Å². The lowest BCUT2D eigenvalue weighted by atomic mass is 10.1. The summed E-state index contributed by atoms with van der Waals surface area (Å²) in [6.45, 7) is -0.0881. The van der Waals surface area contributed by atoms with Crippen LogP contribution in [0, 0.1) is 0 Å². The Kier molecular flexibility index (Phi) is 2.74. The van der Waals surface area contributed by atoms with Crippen LogP contribution in [0.25, 0.3) is 11.3 Å². The number of aliphatic hydroxyl groups is 1. The molecule has 78 valence electrons. The zero-order valence-electron chi connectivity index (χ0n) is 8.43. The van der Waals surface area contributed by atoms with Gasteiger partial charge in [0.25, 0.3) is 0 Å². The van der Waals surface area contributed by atoms with E-state index in [1.165, 1.54) is 0 Å². The summed E-state index contributed by atoms with van der Waals surface area (Å²) in [6.07, 6.45) is 0. The molecule has 0 aliphatic carbocycles. The van der Waals surface area contributed by atoms with Crippen LogP contribution in [0.2, 0.25) is 0 Å². The van der Waals surface area contributed by atoms with Crippen molar-refractivity contribution in [3.8, 4) is 17.1 Å². The van der Waals surface area contributed by atoms with Crippen molar-refractivity contribution in [1.29, 1.82) is 0 Å². The summed E-state index contributed by atoms with van der Waals surface area (Å²) in [7, 11) is 1.62. The second-order valence-corrected chi connectivity index (χ2v) is 3.12. The van der Waals surface area contributed by atoms with Gasteiger partial charge in [-0.3, -0.25) is 0 Å². The predicted octanol–water partition coefficient (Wildman–Crippen LogP) is 2.45. The van der Waals surface area contributed by atoms with E-state index in [0.717, 1.165) is 11.3 Å². The van der Waals surface area contributed by atoms with Gasteiger partial charge in [-0.2, -0.15) is 0 Å². The van der Waals surface area contributed by atoms with Crippen LogP contribution in [0.3, 0.4) is 0 Å². The highest BCUT2D eigenvalue weighted by Gasteiger charge is 2.08. The Morgan fingerprint density at radius 1 is 1.20 bits per heavy atom. The molecule has 0 unspecified atom stereocenters. The molecule has 2 aromatic rings. The van der Waals surface area contributed by atoms with Crippen molar-refractivity contribution in [2.75, 3.05) is 7.11 Å². The van der Waals surface area contributed by atoms with Gasteiger partial charge in [-0.15, -0.1) is 0 Å². The summed E-state index contributed by atoms with van der Waals surface area (Å²) in [6, 6.07) is 11.2. The van der Waals surface area contributed by atoms with Crippen molar-refractivity contribution in [3.63, 3.8) is 0 Å². The maximum Gasteiger partial charge on any atom is 0.138 e. The molecule has 0 saturated carbocycles. The van der Waals surface area contributed by atoms with Gasteiger partial charge in [-0.05, 0) is 24.3 Å². The van der Waals surface area contributed by atoms with Crippen molar-refractivity contribution in [2.45, 2.75) is 6.61 Å². The average molecular weight is 204 g/mol. The Hall–Kier alpha value is -1.74. The Balaban J connectivity index is 2.44. The summed E-state index contributed by atoms with van der Waals surface area (Å²) >= 11 is 0. The average Bonchev–Trinajstić information content (AvgIpc) is 2.77. The molecule has 0 bridgehead atoms. The van der Waals surface area contributed by atoms with Gasteiger partial charge < -0.3 is 14.3 Å². The Bertz CT molecular complexity index is 446. The molecule has 3 heteroatoms. The lowest BCUT2D eigenvalue weighted by Crippen LogP contribution is -1.85. The SMILES string of the molecule is COc1ccccc1-c1ccc(CO)o1. The first-order chi connectivity index (χ1) is 7.35. The van der Waals surface area contributed by atoms with Gasteiger partial charge in [0.15, 0.2) is 0 Å². The number of rotatable bonds is 3. The first kappa shape index (κ1) is 9.80. The molecule has 1 aromatic heterocycles. The van der Waals surface area contributed by atoms with Gasteiger partial charge in [0.2, 0.25) is 0 Å². The summed E-state index contributed by atoms with van der Waals surface area (Å²) in [5.41, 5.74) is 0.889. The molecule has 1 N–H and O–H groups in total. The molecule has 1 aromatic carbocycles. The lowest BCUT2D eigenvalue weighted by molar-refractivity contribution is 0.248. The largest absolute Gasteiger partial charge is 0.496 e. The molecule has 0 spiro atoms. The van der Waals surface area contributed by atoms with Crippen LogP contribution in [0.15, 0.2) is 40.8 Å². The maximum atomic E-state index is 8.90. The second kappa shape index (κ2) is 4.19. The van der Waals surface area contributed by atoms with Crippen molar-refractivity contribution in [1.82, 2.24) is 0 Å². The predicted molar refractivity (Wildman–Crippen MR) is 56.6 cm³/mol. The number of hydrogen-bond acceptors (Lipinski definition) is 3. The number of benzene rings is 1. The maximum absolute atomic E-state index is 8.90. The van der Waals surface area contributed by atoms with Crippen molar-refractivity contribution in [3.05, 3.63) is 42.2 Å². The molecule has 1 heterocycles. The number of hydrogen-bond donors (Lipinski definition) is 1. The number of para-hydroxylation sites is 1. The van der Waals surface area contributed by atoms with Crippen LogP contribution >= 0.6 is 0 Å². The zero-order valence-corrected chi connectivity index (χ0v) is 8.43. The van der Waals surface area contributed by atoms with Gasteiger partial charge in [0.05, 0.1) is 12.7 Å². The van der Waals surface area contributed by atoms with Crippen LogP contribution in [0.5, 0.6) is 5.75 Å². The minimum Gasteiger partial charge on any atom is -0.496 e. The van der Waals surface area contributed by atoms with Crippen LogP contribution in [0.4, 0.5) is 0 Å². The first-order valence-electron chi connectivity index (χ1n) is 4.68. The fourth-order valence-electron chi connectivity index (χ4n) is 1.46. The Morgan fingerprint density at radius 3 is 2.67 bits per heavy atom. The highest BCUT2D eigenvalue weighted by atomic mass is 16.5. The standard InChI is InChI=1S/C12H12O3/c1-14-11-5-3-2-4-10(11)12-7-6-9(8-13)15-12/h2-7,13H,8H2,1H3. The summed E-state index contributed by atoms with van der Waals surface area (Å²) < 4.78 is 10.7. The number of aliphatic hydroxyl groups excluding tert-OH is 1. The van der Waals surface area contributed by atoms with Crippen molar-refractivity contribution < 1.29 is 14.3 Å². The van der Waals surface area contributed by atoms with E-state index in [2.05, 4.69) is 0 Å². The normalized spacial score (nSPS) is 10.3. The quantitative estimate of drug-likeness (QED) is 0.835. The van der Waals surface area contributed by atoms with E-state index in [1.807, 2.05) is 30.3 Å². The molecule has 0 fully saturated rings. The van der Waals surface area contributed by atoms with Crippen molar-refractivity contribution in [2.24, 2.45) is 0 Å². The summed E-state index contributed by atoms with van der Waals surface area (Å²) in [5, 5.41) is 8.90. The van der Waals surface area contributed by atoms with E-state index in [-0.39, 0.29) is 6.61 Å². The zero-order chi connectivity index (χ0) is 10.7. The monoisotopic (exact) mass is 204 g/mol. The Morgan fingerprint density at radius 2 is 2.00 bits per heavy atom. The Labute approximate surface area is 87.9 Å². The second-order valence-electron chi connectivity index (χ2n) is 3.12. The summed E-state index contributed by atoms with van der Waals surface area (Å²) in [4.78, 5) is 0. The molecular weight excluding hydrogens is 192 g/mol. The lowest BCUT2D eigenvalue weighted by Gasteiger charge is -2.04. The summed E-state index contributed by atoms with van der Waals surface area (Å²) in [5.74, 6) is 2.02. The minimum absolute atomic E-state index is 0.0881. The molecule has 0 aliphatic heterocycles. The van der Waals surface area contributed by atoms with Gasteiger partial charge in [-0.1, -0.05) is 12.1 Å². The van der Waals surface area contributed by atoms with Gasteiger partial charge in [0.1, 0.15) is 23.9 Å². The van der Waals surface area contributed by atoms with E-state index in [1.54, 1.807) is 13.2 Å². The molecule has 2 rings (SSSR count). The molecule has 0 amide bonds. The highest BCUT2D eigenvalue weighted by Crippen LogP contribution is 2.30. The van der Waals surface area contributed by atoms with Gasteiger partial charge in [0, 0.05) is 0 Å². The first-order valence-corrected chi connectivity index (χ1v) is 4.68. The molecule has 0 atom stereocenters. The molecule has 0 radical (unpaired) electrons. The van der Waals surface area contributed by atoms with Gasteiger partial charge in [-0.25, -0.2) is 0 Å². The van der Waals surface area contributed by atoms with Crippen LogP contribution < -0.4 is 4.74 Å². The van der Waals surface area contributed by atoms with E-state index in [4.69, 9.17) is 14.3 Å². The number of methoxy groups -OCH3 is 1. The van der Waals surface area contributed by atoms with Crippen LogP contribution in [0.1, 0.15) is 5.76 Å². The molecule has 15 heavy (non-hydrogen) atoms. The van der Waals surface area contributed by atoms with E-state index >= 15 is 0 Å². The van der Waals surface area contributed by atoms with E-state index in [9.17, 15) is 0 Å². The van der Waals surface area contributed by atoms with E-state index < -0.39 is 0 Å². The smallest absolute Gasteiger partial charge is 0.138 e. The third-order valence-corrected chi connectivity index (χ3v) is 2.19. The topological polar surface area (TPSA) is 42.6 Å². The van der Waals surface area contributed by atoms with Crippen LogP contribution in [-0.4, -0.2) is 12.2 Å². The molecule has 0 aliphatic rings. The fourth-order valence-corrected chi connectivity index (χ4v) is 1.46. The third kappa shape index (κ3) is 1.87. The molecule has 3 nitrogen and oxygen atoms in total. The highest BCUT2D eigenvalue weighted by molar-refractivity contribution is 5.65. The molecule has 0 saturated heterocycles. The van der Waals surface area contributed by atoms with Crippen LogP contribution in [-0.2, 0) is 6.61 Å². The number of furan rings is 1. The number of ether oxygens (including phenoxy) is 1. The minimum atomic E-state index is -0.0881. The van der Waals surface area contributed by atoms with Crippen molar-refractivity contribution >= 4 is 0 Å².